The van der Waals surface area contributed by atoms with E-state index in [1.165, 1.54) is 0 Å². The van der Waals surface area contributed by atoms with E-state index in [4.69, 9.17) is 4.74 Å². The fourth-order valence-corrected chi connectivity index (χ4v) is 2.55. The van der Waals surface area contributed by atoms with Crippen LogP contribution in [0.3, 0.4) is 0 Å². The summed E-state index contributed by atoms with van der Waals surface area (Å²) in [6.07, 6.45) is 2.14. The summed E-state index contributed by atoms with van der Waals surface area (Å²) in [4.78, 5) is 14.4. The number of carbonyl (C=O) groups excluding carboxylic acids is 1. The molecule has 4 heteroatoms. The van der Waals surface area contributed by atoms with Crippen molar-refractivity contribution in [1.29, 1.82) is 0 Å². The maximum Gasteiger partial charge on any atom is 0.227 e. The Hall–Kier alpha value is -0.610. The molecule has 1 N–H and O–H groups in total. The van der Waals surface area contributed by atoms with Crippen molar-refractivity contribution in [2.75, 3.05) is 32.8 Å². The lowest BCUT2D eigenvalue weighted by Gasteiger charge is -2.44. The lowest BCUT2D eigenvalue weighted by atomic mass is 9.94. The van der Waals surface area contributed by atoms with Crippen molar-refractivity contribution in [3.63, 3.8) is 0 Å². The summed E-state index contributed by atoms with van der Waals surface area (Å²) in [5.74, 6) is 0.478. The predicted molar refractivity (Wildman–Crippen MR) is 62.2 cm³/mol. The Morgan fingerprint density at radius 1 is 1.50 bits per heavy atom. The molecule has 0 aliphatic carbocycles. The smallest absolute Gasteiger partial charge is 0.227 e. The molecule has 0 aromatic heterocycles. The van der Waals surface area contributed by atoms with Crippen LogP contribution < -0.4 is 5.32 Å². The van der Waals surface area contributed by atoms with Gasteiger partial charge in [-0.3, -0.25) is 4.79 Å². The lowest BCUT2D eigenvalue weighted by Crippen LogP contribution is -2.58. The second kappa shape index (κ2) is 4.72. The van der Waals surface area contributed by atoms with Gasteiger partial charge in [-0.15, -0.1) is 0 Å². The number of piperidine rings is 1. The molecule has 2 aliphatic rings. The van der Waals surface area contributed by atoms with Crippen molar-refractivity contribution >= 4 is 5.91 Å². The van der Waals surface area contributed by atoms with Gasteiger partial charge in [0.15, 0.2) is 0 Å². The van der Waals surface area contributed by atoms with Crippen LogP contribution in [0, 0.1) is 5.92 Å². The van der Waals surface area contributed by atoms with Gasteiger partial charge in [0.25, 0.3) is 0 Å². The van der Waals surface area contributed by atoms with E-state index in [9.17, 15) is 4.79 Å². The third-order valence-electron chi connectivity index (χ3n) is 3.56. The van der Waals surface area contributed by atoms with Gasteiger partial charge in [-0.05, 0) is 33.2 Å². The Morgan fingerprint density at radius 2 is 2.31 bits per heavy atom. The number of carbonyl (C=O) groups is 1. The second-order valence-corrected chi connectivity index (χ2v) is 5.40. The number of ether oxygens (including phenoxy) is 1. The monoisotopic (exact) mass is 226 g/mol. The van der Waals surface area contributed by atoms with Gasteiger partial charge in [0.1, 0.15) is 0 Å². The Morgan fingerprint density at radius 3 is 2.94 bits per heavy atom. The van der Waals surface area contributed by atoms with E-state index in [2.05, 4.69) is 19.2 Å². The van der Waals surface area contributed by atoms with Crippen LogP contribution in [0.1, 0.15) is 26.7 Å². The van der Waals surface area contributed by atoms with Gasteiger partial charge >= 0.3 is 0 Å². The molecule has 0 aromatic carbocycles. The molecule has 0 spiro atoms. The van der Waals surface area contributed by atoms with Crippen LogP contribution in [0.4, 0.5) is 0 Å². The minimum absolute atomic E-state index is 0.146. The van der Waals surface area contributed by atoms with Crippen LogP contribution in [-0.4, -0.2) is 49.2 Å². The van der Waals surface area contributed by atoms with Crippen LogP contribution in [0.2, 0.25) is 0 Å². The molecule has 2 rings (SSSR count). The molecular weight excluding hydrogens is 204 g/mol. The van der Waals surface area contributed by atoms with E-state index in [0.717, 1.165) is 32.5 Å². The molecular formula is C12H22N2O2. The second-order valence-electron chi connectivity index (χ2n) is 5.40. The van der Waals surface area contributed by atoms with Crippen molar-refractivity contribution in [3.8, 4) is 0 Å². The van der Waals surface area contributed by atoms with Gasteiger partial charge < -0.3 is 15.0 Å². The maximum absolute atomic E-state index is 12.4. The topological polar surface area (TPSA) is 41.6 Å². The quantitative estimate of drug-likeness (QED) is 0.713. The summed E-state index contributed by atoms with van der Waals surface area (Å²) in [5, 5.41) is 3.30. The molecule has 2 fully saturated rings. The first kappa shape index (κ1) is 11.9. The van der Waals surface area contributed by atoms with E-state index in [1.54, 1.807) is 0 Å². The normalized spacial score (nSPS) is 30.1. The van der Waals surface area contributed by atoms with Crippen molar-refractivity contribution in [2.24, 2.45) is 5.92 Å². The average molecular weight is 226 g/mol. The first-order chi connectivity index (χ1) is 7.61. The molecule has 2 aliphatic heterocycles. The van der Waals surface area contributed by atoms with E-state index in [-0.39, 0.29) is 11.5 Å². The fraction of sp³-hybridized carbons (Fsp3) is 0.917. The van der Waals surface area contributed by atoms with E-state index in [0.29, 0.717) is 19.1 Å². The molecule has 2 saturated heterocycles. The van der Waals surface area contributed by atoms with Crippen LogP contribution >= 0.6 is 0 Å². The molecule has 0 bridgehead atoms. The summed E-state index contributed by atoms with van der Waals surface area (Å²) in [7, 11) is 0. The molecule has 1 amide bonds. The number of morpholine rings is 1. The molecule has 1 atom stereocenters. The zero-order chi connectivity index (χ0) is 11.6. The first-order valence-corrected chi connectivity index (χ1v) is 6.21. The summed E-state index contributed by atoms with van der Waals surface area (Å²) >= 11 is 0. The van der Waals surface area contributed by atoms with E-state index in [1.807, 2.05) is 4.90 Å². The van der Waals surface area contributed by atoms with E-state index < -0.39 is 0 Å². The van der Waals surface area contributed by atoms with Crippen molar-refractivity contribution < 1.29 is 9.53 Å². The van der Waals surface area contributed by atoms with Crippen LogP contribution in [0.15, 0.2) is 0 Å². The van der Waals surface area contributed by atoms with Crippen molar-refractivity contribution in [3.05, 3.63) is 0 Å². The van der Waals surface area contributed by atoms with Gasteiger partial charge in [0.05, 0.1) is 24.7 Å². The van der Waals surface area contributed by atoms with Crippen molar-refractivity contribution in [1.82, 2.24) is 10.2 Å². The summed E-state index contributed by atoms with van der Waals surface area (Å²) in [6.45, 7) is 8.12. The highest BCUT2D eigenvalue weighted by atomic mass is 16.5. The Kier molecular flexibility index (Phi) is 3.50. The Labute approximate surface area is 97.3 Å². The summed E-state index contributed by atoms with van der Waals surface area (Å²) in [5.41, 5.74) is -0.146. The van der Waals surface area contributed by atoms with Gasteiger partial charge in [-0.25, -0.2) is 0 Å². The van der Waals surface area contributed by atoms with Gasteiger partial charge in [0, 0.05) is 13.1 Å². The van der Waals surface area contributed by atoms with Crippen LogP contribution in [0.5, 0.6) is 0 Å². The van der Waals surface area contributed by atoms with Gasteiger partial charge in [-0.2, -0.15) is 0 Å². The molecule has 4 nitrogen and oxygen atoms in total. The molecule has 92 valence electrons. The van der Waals surface area contributed by atoms with Crippen LogP contribution in [0.25, 0.3) is 0 Å². The number of amides is 1. The Balaban J connectivity index is 2.01. The number of nitrogens with one attached hydrogen (secondary N) is 1. The number of hydrogen-bond donors (Lipinski definition) is 1. The SMILES string of the molecule is CC1(C)COCCN1C(=O)C1CCCNC1. The zero-order valence-electron chi connectivity index (χ0n) is 10.3. The number of hydrogen-bond acceptors (Lipinski definition) is 3. The minimum atomic E-state index is -0.146. The standard InChI is InChI=1S/C12H22N2O2/c1-12(2)9-16-7-6-14(12)11(15)10-4-3-5-13-8-10/h10,13H,3-9H2,1-2H3. The molecule has 16 heavy (non-hydrogen) atoms. The largest absolute Gasteiger partial charge is 0.377 e. The number of nitrogens with zero attached hydrogens (tertiary/aromatic N) is 1. The molecule has 2 heterocycles. The first-order valence-electron chi connectivity index (χ1n) is 6.21. The third kappa shape index (κ3) is 2.38. The van der Waals surface area contributed by atoms with Crippen LogP contribution in [-0.2, 0) is 9.53 Å². The predicted octanol–water partition coefficient (Wildman–Crippen LogP) is 0.623. The highest BCUT2D eigenvalue weighted by Gasteiger charge is 2.37. The third-order valence-corrected chi connectivity index (χ3v) is 3.56. The Bertz CT molecular complexity index is 260. The van der Waals surface area contributed by atoms with Crippen molar-refractivity contribution in [2.45, 2.75) is 32.2 Å². The highest BCUT2D eigenvalue weighted by Crippen LogP contribution is 2.23. The van der Waals surface area contributed by atoms with Gasteiger partial charge in [-0.1, -0.05) is 0 Å². The van der Waals surface area contributed by atoms with Gasteiger partial charge in [0.2, 0.25) is 5.91 Å². The summed E-state index contributed by atoms with van der Waals surface area (Å²) < 4.78 is 5.44. The van der Waals surface area contributed by atoms with E-state index >= 15 is 0 Å². The zero-order valence-corrected chi connectivity index (χ0v) is 10.3. The minimum Gasteiger partial charge on any atom is -0.377 e. The molecule has 1 unspecified atom stereocenters. The average Bonchev–Trinajstić information content (AvgIpc) is 2.29. The highest BCUT2D eigenvalue weighted by molar-refractivity contribution is 5.80. The number of rotatable bonds is 1. The molecule has 0 aromatic rings. The summed E-state index contributed by atoms with van der Waals surface area (Å²) in [6, 6.07) is 0. The molecule has 0 saturated carbocycles. The fourth-order valence-electron chi connectivity index (χ4n) is 2.55. The lowest BCUT2D eigenvalue weighted by molar-refractivity contribution is -0.151. The molecule has 0 radical (unpaired) electrons. The maximum atomic E-state index is 12.4.